The number of anilines is 2. The third kappa shape index (κ3) is 5.15. The molecule has 140 valence electrons. The van der Waals surface area contributed by atoms with E-state index in [1.807, 2.05) is 32.2 Å². The van der Waals surface area contributed by atoms with Crippen LogP contribution < -0.4 is 16.0 Å². The third-order valence-electron chi connectivity index (χ3n) is 3.54. The van der Waals surface area contributed by atoms with Crippen LogP contribution in [0, 0.1) is 6.92 Å². The van der Waals surface area contributed by atoms with E-state index in [2.05, 4.69) is 27.0 Å². The Morgan fingerprint density at radius 2 is 1.78 bits per heavy atom. The number of carbonyl (C=O) groups is 2. The van der Waals surface area contributed by atoms with Gasteiger partial charge >= 0.3 is 6.03 Å². The van der Waals surface area contributed by atoms with E-state index in [0.29, 0.717) is 16.4 Å². The second kappa shape index (κ2) is 8.32. The fraction of sp³-hybridized carbons (Fsp3) is 0.211. The zero-order chi connectivity index (χ0) is 19.4. The van der Waals surface area contributed by atoms with Crippen LogP contribution in [0.3, 0.4) is 0 Å². The van der Waals surface area contributed by atoms with Gasteiger partial charge in [-0.3, -0.25) is 10.1 Å². The molecule has 0 saturated carbocycles. The molecule has 0 aliphatic heterocycles. The monoisotopic (exact) mass is 400 g/mol. The first-order valence-electron chi connectivity index (χ1n) is 8.42. The number of aromatic nitrogens is 1. The van der Waals surface area contributed by atoms with Gasteiger partial charge in [-0.2, -0.15) is 0 Å². The Labute approximate surface area is 165 Å². The average Bonchev–Trinajstić information content (AvgIpc) is 3.23. The van der Waals surface area contributed by atoms with Gasteiger partial charge in [-0.1, -0.05) is 0 Å². The van der Waals surface area contributed by atoms with Crippen LogP contribution in [0.15, 0.2) is 41.8 Å². The van der Waals surface area contributed by atoms with Gasteiger partial charge in [-0.25, -0.2) is 9.78 Å². The Hall–Kier alpha value is -2.71. The Morgan fingerprint density at radius 3 is 2.41 bits per heavy atom. The summed E-state index contributed by atoms with van der Waals surface area (Å²) < 4.78 is 0. The van der Waals surface area contributed by atoms with E-state index in [4.69, 9.17) is 0 Å². The molecule has 3 amide bonds. The van der Waals surface area contributed by atoms with E-state index in [-0.39, 0.29) is 18.0 Å². The van der Waals surface area contributed by atoms with Crippen molar-refractivity contribution in [1.82, 2.24) is 10.3 Å². The number of benzene rings is 1. The van der Waals surface area contributed by atoms with Crippen LogP contribution in [-0.2, 0) is 0 Å². The van der Waals surface area contributed by atoms with Crippen LogP contribution in [0.4, 0.5) is 15.6 Å². The molecule has 0 aliphatic rings. The summed E-state index contributed by atoms with van der Waals surface area (Å²) in [6.45, 7) is 5.82. The normalized spacial score (nSPS) is 10.7. The van der Waals surface area contributed by atoms with E-state index < -0.39 is 0 Å². The molecule has 2 aromatic heterocycles. The first kappa shape index (κ1) is 19.1. The molecule has 0 radical (unpaired) electrons. The minimum Gasteiger partial charge on any atom is -0.336 e. The summed E-state index contributed by atoms with van der Waals surface area (Å²) in [7, 11) is 0. The molecular formula is C19H20N4O2S2. The van der Waals surface area contributed by atoms with Crippen molar-refractivity contribution in [2.24, 2.45) is 0 Å². The molecule has 0 unspecified atom stereocenters. The highest BCUT2D eigenvalue weighted by molar-refractivity contribution is 7.17. The highest BCUT2D eigenvalue weighted by Crippen LogP contribution is 2.30. The van der Waals surface area contributed by atoms with Crippen LogP contribution in [0.5, 0.6) is 0 Å². The van der Waals surface area contributed by atoms with Crippen LogP contribution in [0.2, 0.25) is 0 Å². The second-order valence-corrected chi connectivity index (χ2v) is 8.38. The first-order valence-corrected chi connectivity index (χ1v) is 10.1. The summed E-state index contributed by atoms with van der Waals surface area (Å²) >= 11 is 3.06. The van der Waals surface area contributed by atoms with Gasteiger partial charge in [0.1, 0.15) is 0 Å². The molecule has 0 fully saturated rings. The molecule has 1 aromatic carbocycles. The van der Waals surface area contributed by atoms with Crippen molar-refractivity contribution < 1.29 is 9.59 Å². The van der Waals surface area contributed by atoms with Crippen molar-refractivity contribution in [2.75, 3.05) is 10.6 Å². The van der Waals surface area contributed by atoms with E-state index in [0.717, 1.165) is 10.6 Å². The summed E-state index contributed by atoms with van der Waals surface area (Å²) in [6.07, 6.45) is 0. The van der Waals surface area contributed by atoms with Gasteiger partial charge in [0.2, 0.25) is 0 Å². The predicted octanol–water partition coefficient (Wildman–Crippen LogP) is 4.96. The molecule has 0 saturated heterocycles. The fourth-order valence-electron chi connectivity index (χ4n) is 2.32. The molecule has 27 heavy (non-hydrogen) atoms. The molecular weight excluding hydrogens is 380 g/mol. The third-order valence-corrected chi connectivity index (χ3v) is 5.32. The zero-order valence-electron chi connectivity index (χ0n) is 15.2. The van der Waals surface area contributed by atoms with E-state index >= 15 is 0 Å². The quantitative estimate of drug-likeness (QED) is 0.566. The zero-order valence-corrected chi connectivity index (χ0v) is 16.8. The number of thiazole rings is 1. The summed E-state index contributed by atoms with van der Waals surface area (Å²) in [4.78, 5) is 30.9. The van der Waals surface area contributed by atoms with Crippen molar-refractivity contribution in [3.8, 4) is 10.6 Å². The number of nitrogens with zero attached hydrogens (tertiary/aromatic N) is 1. The lowest BCUT2D eigenvalue weighted by Crippen LogP contribution is -2.34. The van der Waals surface area contributed by atoms with Gasteiger partial charge in [-0.15, -0.1) is 22.7 Å². The minimum absolute atomic E-state index is 0.0522. The van der Waals surface area contributed by atoms with Crippen molar-refractivity contribution in [1.29, 1.82) is 0 Å². The van der Waals surface area contributed by atoms with Gasteiger partial charge in [-0.05, 0) is 57.2 Å². The second-order valence-electron chi connectivity index (χ2n) is 6.23. The molecule has 3 N–H and O–H groups in total. The number of hydrogen-bond donors (Lipinski definition) is 3. The van der Waals surface area contributed by atoms with E-state index in [1.54, 1.807) is 35.6 Å². The van der Waals surface area contributed by atoms with Crippen LogP contribution >= 0.6 is 22.7 Å². The molecule has 0 atom stereocenters. The Balaban J connectivity index is 1.61. The fourth-order valence-corrected chi connectivity index (χ4v) is 3.93. The van der Waals surface area contributed by atoms with Gasteiger partial charge in [0.25, 0.3) is 5.91 Å². The largest absolute Gasteiger partial charge is 0.336 e. The summed E-state index contributed by atoms with van der Waals surface area (Å²) in [5, 5.41) is 10.8. The van der Waals surface area contributed by atoms with Gasteiger partial charge < -0.3 is 10.6 Å². The van der Waals surface area contributed by atoms with Gasteiger partial charge in [0, 0.05) is 27.5 Å². The molecule has 3 rings (SSSR count). The predicted molar refractivity (Wildman–Crippen MR) is 112 cm³/mol. The number of carbonyl (C=O) groups excluding carboxylic acids is 2. The maximum atomic E-state index is 12.4. The number of amides is 3. The number of hydrogen-bond acceptors (Lipinski definition) is 5. The highest BCUT2D eigenvalue weighted by Gasteiger charge is 2.11. The molecule has 3 aromatic rings. The van der Waals surface area contributed by atoms with Crippen molar-refractivity contribution in [3.63, 3.8) is 0 Å². The maximum Gasteiger partial charge on any atom is 0.319 e. The van der Waals surface area contributed by atoms with Crippen molar-refractivity contribution >= 4 is 45.4 Å². The number of thiophene rings is 1. The van der Waals surface area contributed by atoms with Crippen molar-refractivity contribution in [3.05, 3.63) is 52.2 Å². The topological polar surface area (TPSA) is 83.1 Å². The Morgan fingerprint density at radius 1 is 1.04 bits per heavy atom. The summed E-state index contributed by atoms with van der Waals surface area (Å²) in [5.74, 6) is -0.239. The molecule has 0 bridgehead atoms. The molecule has 0 spiro atoms. The lowest BCUT2D eigenvalue weighted by atomic mass is 10.2. The first-order chi connectivity index (χ1) is 12.9. The highest BCUT2D eigenvalue weighted by atomic mass is 32.1. The number of rotatable bonds is 5. The van der Waals surface area contributed by atoms with Gasteiger partial charge in [0.05, 0.1) is 10.6 Å². The summed E-state index contributed by atoms with van der Waals surface area (Å²) in [6, 6.07) is 10.6. The average molecular weight is 401 g/mol. The van der Waals surface area contributed by atoms with Gasteiger partial charge in [0.15, 0.2) is 5.13 Å². The lowest BCUT2D eigenvalue weighted by molar-refractivity contribution is 0.102. The number of nitrogens with one attached hydrogen (secondary N) is 3. The standard InChI is InChI=1S/C19H20N4O2S2/c1-11(2)20-18(25)21-14-7-5-13(6-8-14)17(24)23-19-22-15(10-26-19)16-9-4-12(3)27-16/h4-11H,1-3H3,(H2,20,21,25)(H,22,23,24). The Kier molecular flexibility index (Phi) is 5.88. The maximum absolute atomic E-state index is 12.4. The number of aryl methyl sites for hydroxylation is 1. The smallest absolute Gasteiger partial charge is 0.319 e. The Bertz CT molecular complexity index is 945. The molecule has 2 heterocycles. The minimum atomic E-state index is -0.277. The van der Waals surface area contributed by atoms with Crippen LogP contribution in [0.25, 0.3) is 10.6 Å². The summed E-state index contributed by atoms with van der Waals surface area (Å²) in [5.41, 5.74) is 1.98. The SMILES string of the molecule is Cc1ccc(-c2csc(NC(=O)c3ccc(NC(=O)NC(C)C)cc3)n2)s1. The lowest BCUT2D eigenvalue weighted by Gasteiger charge is -2.10. The van der Waals surface area contributed by atoms with E-state index in [1.165, 1.54) is 16.2 Å². The van der Waals surface area contributed by atoms with E-state index in [9.17, 15) is 9.59 Å². The van der Waals surface area contributed by atoms with Crippen LogP contribution in [-0.4, -0.2) is 23.0 Å². The molecule has 0 aliphatic carbocycles. The number of urea groups is 1. The van der Waals surface area contributed by atoms with Crippen molar-refractivity contribution in [2.45, 2.75) is 26.8 Å². The van der Waals surface area contributed by atoms with Crippen LogP contribution in [0.1, 0.15) is 29.1 Å². The molecule has 6 nitrogen and oxygen atoms in total. The molecule has 8 heteroatoms.